The van der Waals surface area contributed by atoms with E-state index in [-0.39, 0.29) is 13.2 Å². The smallest absolute Gasteiger partial charge is 0.396 e. The summed E-state index contributed by atoms with van der Waals surface area (Å²) in [5.74, 6) is 1.04. The first kappa shape index (κ1) is 16.5. The Balaban J connectivity index is 3.29. The van der Waals surface area contributed by atoms with E-state index >= 15 is 0 Å². The van der Waals surface area contributed by atoms with E-state index in [2.05, 4.69) is 5.32 Å². The van der Waals surface area contributed by atoms with Gasteiger partial charge in [0.2, 0.25) is 5.91 Å². The van der Waals surface area contributed by atoms with Gasteiger partial charge < -0.3 is 15.7 Å². The maximum absolute atomic E-state index is 11.7. The SMILES string of the molecule is O=C(CNCC(F)(F)F)NCCSCCCO. The predicted octanol–water partition coefficient (Wildman–Crippen LogP) is 0.370. The molecule has 8 heteroatoms. The molecular formula is C9H17F3N2O2S. The highest BCUT2D eigenvalue weighted by Crippen LogP contribution is 2.11. The van der Waals surface area contributed by atoms with Crippen LogP contribution in [0.1, 0.15) is 6.42 Å². The van der Waals surface area contributed by atoms with Gasteiger partial charge in [-0.05, 0) is 12.2 Å². The molecule has 0 aliphatic heterocycles. The molecule has 0 heterocycles. The molecule has 102 valence electrons. The fraction of sp³-hybridized carbons (Fsp3) is 0.889. The Morgan fingerprint density at radius 3 is 2.59 bits per heavy atom. The fourth-order valence-corrected chi connectivity index (χ4v) is 1.70. The Morgan fingerprint density at radius 2 is 2.00 bits per heavy atom. The number of carbonyl (C=O) groups excluding carboxylic acids is 1. The van der Waals surface area contributed by atoms with Gasteiger partial charge >= 0.3 is 6.18 Å². The Bertz CT molecular complexity index is 215. The first-order valence-electron chi connectivity index (χ1n) is 5.18. The molecule has 0 rings (SSSR count). The van der Waals surface area contributed by atoms with Crippen LogP contribution in [-0.4, -0.2) is 54.9 Å². The zero-order valence-electron chi connectivity index (χ0n) is 9.35. The lowest BCUT2D eigenvalue weighted by Crippen LogP contribution is -2.38. The van der Waals surface area contributed by atoms with Crippen molar-refractivity contribution in [1.82, 2.24) is 10.6 Å². The highest BCUT2D eigenvalue weighted by atomic mass is 32.2. The van der Waals surface area contributed by atoms with Gasteiger partial charge in [0.25, 0.3) is 0 Å². The van der Waals surface area contributed by atoms with E-state index in [4.69, 9.17) is 5.11 Å². The average Bonchev–Trinajstić information content (AvgIpc) is 2.21. The van der Waals surface area contributed by atoms with E-state index in [1.54, 1.807) is 11.8 Å². The van der Waals surface area contributed by atoms with Crippen molar-refractivity contribution in [3.05, 3.63) is 0 Å². The van der Waals surface area contributed by atoms with Gasteiger partial charge in [-0.1, -0.05) is 0 Å². The molecule has 17 heavy (non-hydrogen) atoms. The van der Waals surface area contributed by atoms with E-state index in [1.165, 1.54) is 0 Å². The molecule has 0 aromatic carbocycles. The van der Waals surface area contributed by atoms with Crippen LogP contribution in [0.4, 0.5) is 13.2 Å². The molecule has 0 aliphatic carbocycles. The van der Waals surface area contributed by atoms with Gasteiger partial charge in [-0.3, -0.25) is 4.79 Å². The Kier molecular flexibility index (Phi) is 9.28. The van der Waals surface area contributed by atoms with Crippen LogP contribution in [0.3, 0.4) is 0 Å². The third-order valence-electron chi connectivity index (χ3n) is 1.63. The van der Waals surface area contributed by atoms with Gasteiger partial charge in [-0.15, -0.1) is 0 Å². The zero-order chi connectivity index (χ0) is 13.1. The molecular weight excluding hydrogens is 257 g/mol. The number of carbonyl (C=O) groups is 1. The monoisotopic (exact) mass is 274 g/mol. The molecule has 0 aromatic rings. The van der Waals surface area contributed by atoms with E-state index < -0.39 is 18.6 Å². The summed E-state index contributed by atoms with van der Waals surface area (Å²) in [7, 11) is 0. The number of alkyl halides is 3. The van der Waals surface area contributed by atoms with Crippen LogP contribution in [-0.2, 0) is 4.79 Å². The van der Waals surface area contributed by atoms with Crippen molar-refractivity contribution in [3.63, 3.8) is 0 Å². The maximum Gasteiger partial charge on any atom is 0.401 e. The van der Waals surface area contributed by atoms with Crippen molar-refractivity contribution in [3.8, 4) is 0 Å². The third-order valence-corrected chi connectivity index (χ3v) is 2.70. The molecule has 0 saturated carbocycles. The van der Waals surface area contributed by atoms with Crippen LogP contribution in [0.15, 0.2) is 0 Å². The molecule has 0 bridgehead atoms. The van der Waals surface area contributed by atoms with Crippen molar-refractivity contribution in [2.45, 2.75) is 12.6 Å². The molecule has 1 amide bonds. The topological polar surface area (TPSA) is 61.4 Å². The third kappa shape index (κ3) is 13.5. The summed E-state index contributed by atoms with van der Waals surface area (Å²) >= 11 is 1.57. The zero-order valence-corrected chi connectivity index (χ0v) is 10.2. The van der Waals surface area contributed by atoms with Crippen molar-refractivity contribution in [1.29, 1.82) is 0 Å². The lowest BCUT2D eigenvalue weighted by atomic mass is 10.5. The van der Waals surface area contributed by atoms with Crippen LogP contribution < -0.4 is 10.6 Å². The number of aliphatic hydroxyl groups excluding tert-OH is 1. The van der Waals surface area contributed by atoms with Crippen molar-refractivity contribution >= 4 is 17.7 Å². The van der Waals surface area contributed by atoms with Gasteiger partial charge in [0, 0.05) is 18.9 Å². The predicted molar refractivity (Wildman–Crippen MR) is 61.0 cm³/mol. The van der Waals surface area contributed by atoms with Crippen molar-refractivity contribution in [2.75, 3.05) is 37.7 Å². The van der Waals surface area contributed by atoms with Crippen LogP contribution in [0, 0.1) is 0 Å². The standard InChI is InChI=1S/C9H17F3N2O2S/c10-9(11,12)7-13-6-8(16)14-2-5-17-4-1-3-15/h13,15H,1-7H2,(H,14,16). The average molecular weight is 274 g/mol. The number of hydrogen-bond donors (Lipinski definition) is 3. The van der Waals surface area contributed by atoms with Crippen molar-refractivity contribution in [2.24, 2.45) is 0 Å². The molecule has 3 N–H and O–H groups in total. The fourth-order valence-electron chi connectivity index (χ4n) is 0.912. The molecule has 0 aliphatic rings. The second kappa shape index (κ2) is 9.55. The first-order valence-corrected chi connectivity index (χ1v) is 6.34. The normalized spacial score (nSPS) is 11.5. The quantitative estimate of drug-likeness (QED) is 0.532. The van der Waals surface area contributed by atoms with Crippen LogP contribution in [0.5, 0.6) is 0 Å². The highest BCUT2D eigenvalue weighted by molar-refractivity contribution is 7.99. The van der Waals surface area contributed by atoms with Crippen LogP contribution in [0.2, 0.25) is 0 Å². The van der Waals surface area contributed by atoms with Crippen molar-refractivity contribution < 1.29 is 23.1 Å². The van der Waals surface area contributed by atoms with E-state index in [0.717, 1.165) is 5.75 Å². The Hall–Kier alpha value is -0.470. The molecule has 0 aromatic heterocycles. The molecule has 0 atom stereocenters. The molecule has 0 fully saturated rings. The Morgan fingerprint density at radius 1 is 1.29 bits per heavy atom. The molecule has 0 spiro atoms. The number of aliphatic hydroxyl groups is 1. The molecule has 0 radical (unpaired) electrons. The van der Waals surface area contributed by atoms with E-state index in [0.29, 0.717) is 18.7 Å². The first-order chi connectivity index (χ1) is 7.95. The van der Waals surface area contributed by atoms with Gasteiger partial charge in [-0.25, -0.2) is 0 Å². The van der Waals surface area contributed by atoms with E-state index in [9.17, 15) is 18.0 Å². The lowest BCUT2D eigenvalue weighted by Gasteiger charge is -2.08. The minimum absolute atomic E-state index is 0.140. The number of amides is 1. The Labute approximate surface area is 102 Å². The minimum Gasteiger partial charge on any atom is -0.396 e. The number of hydrogen-bond acceptors (Lipinski definition) is 4. The summed E-state index contributed by atoms with van der Waals surface area (Å²) in [6.45, 7) is -0.935. The summed E-state index contributed by atoms with van der Waals surface area (Å²) in [5, 5.41) is 13.0. The minimum atomic E-state index is -4.29. The van der Waals surface area contributed by atoms with Gasteiger partial charge in [-0.2, -0.15) is 24.9 Å². The molecule has 0 saturated heterocycles. The molecule has 0 unspecified atom stereocenters. The van der Waals surface area contributed by atoms with Gasteiger partial charge in [0.15, 0.2) is 0 Å². The largest absolute Gasteiger partial charge is 0.401 e. The van der Waals surface area contributed by atoms with Gasteiger partial charge in [0.1, 0.15) is 0 Å². The summed E-state index contributed by atoms with van der Waals surface area (Å²) in [4.78, 5) is 11.0. The highest BCUT2D eigenvalue weighted by Gasteiger charge is 2.26. The number of rotatable bonds is 9. The molecule has 4 nitrogen and oxygen atoms in total. The summed E-state index contributed by atoms with van der Waals surface area (Å²) in [6, 6.07) is 0. The van der Waals surface area contributed by atoms with Crippen LogP contribution in [0.25, 0.3) is 0 Å². The number of halogens is 3. The van der Waals surface area contributed by atoms with Gasteiger partial charge in [0.05, 0.1) is 13.1 Å². The summed E-state index contributed by atoms with van der Waals surface area (Å²) in [5.41, 5.74) is 0. The number of thioether (sulfide) groups is 1. The summed E-state index contributed by atoms with van der Waals surface area (Å²) in [6.07, 6.45) is -3.59. The summed E-state index contributed by atoms with van der Waals surface area (Å²) < 4.78 is 35.1. The lowest BCUT2D eigenvalue weighted by molar-refractivity contribution is -0.128. The maximum atomic E-state index is 11.7. The second-order valence-corrected chi connectivity index (χ2v) is 4.48. The second-order valence-electron chi connectivity index (χ2n) is 3.26. The van der Waals surface area contributed by atoms with Crippen LogP contribution >= 0.6 is 11.8 Å². The van der Waals surface area contributed by atoms with E-state index in [1.807, 2.05) is 5.32 Å². The number of nitrogens with one attached hydrogen (secondary N) is 2.